The molecule has 0 heterocycles. The monoisotopic (exact) mass is 310 g/mol. The molecule has 0 saturated carbocycles. The average Bonchev–Trinajstić information content (AvgIpc) is 2.20. The molecule has 2 atom stereocenters. The lowest BCUT2D eigenvalue weighted by atomic mass is 9.64. The van der Waals surface area contributed by atoms with Crippen molar-refractivity contribution in [1.29, 1.82) is 0 Å². The highest BCUT2D eigenvalue weighted by Gasteiger charge is 2.51. The highest BCUT2D eigenvalue weighted by Crippen LogP contribution is 2.45. The Hall–Kier alpha value is -0.740. The van der Waals surface area contributed by atoms with Crippen LogP contribution in [0.15, 0.2) is 0 Å². The molecule has 2 unspecified atom stereocenters. The summed E-state index contributed by atoms with van der Waals surface area (Å²) in [5.41, 5.74) is -1.44. The summed E-state index contributed by atoms with van der Waals surface area (Å²) >= 11 is 0. The van der Waals surface area contributed by atoms with Gasteiger partial charge in [0.15, 0.2) is 6.10 Å². The number of esters is 1. The molecule has 0 aromatic carbocycles. The molecular weight excluding hydrogens is 281 g/mol. The van der Waals surface area contributed by atoms with Crippen LogP contribution in [-0.4, -0.2) is 18.2 Å². The second-order valence-electron chi connectivity index (χ2n) is 7.79. The van der Waals surface area contributed by atoms with Crippen LogP contribution in [0, 0.1) is 22.7 Å². The Balaban J connectivity index is 5.42. The largest absolute Gasteiger partial charge is 0.452 e. The molecule has 5 heteroatoms. The first-order chi connectivity index (χ1) is 9.13. The predicted octanol–water partition coefficient (Wildman–Crippen LogP) is 5.22. The van der Waals surface area contributed by atoms with Crippen LogP contribution < -0.4 is 0 Å². The maximum Gasteiger partial charge on any atom is 0.425 e. The Kier molecular flexibility index (Phi) is 6.34. The fourth-order valence-corrected chi connectivity index (χ4v) is 2.34. The van der Waals surface area contributed by atoms with Gasteiger partial charge in [0.1, 0.15) is 0 Å². The Labute approximate surface area is 126 Å². The lowest BCUT2D eigenvalue weighted by molar-refractivity contribution is -0.239. The first kappa shape index (κ1) is 20.3. The summed E-state index contributed by atoms with van der Waals surface area (Å²) in [5, 5.41) is 0. The highest BCUT2D eigenvalue weighted by molar-refractivity contribution is 5.77. The second-order valence-corrected chi connectivity index (χ2v) is 7.79. The van der Waals surface area contributed by atoms with Crippen LogP contribution in [-0.2, 0) is 9.53 Å². The van der Waals surface area contributed by atoms with Gasteiger partial charge in [-0.2, -0.15) is 13.2 Å². The van der Waals surface area contributed by atoms with E-state index in [-0.39, 0.29) is 5.92 Å². The highest BCUT2D eigenvalue weighted by atomic mass is 19.4. The summed E-state index contributed by atoms with van der Waals surface area (Å²) in [6.45, 7) is 14.0. The number of ether oxygens (including phenoxy) is 1. The van der Waals surface area contributed by atoms with E-state index in [4.69, 9.17) is 4.74 Å². The molecule has 0 rings (SSSR count). The molecule has 0 bridgehead atoms. The zero-order chi connectivity index (χ0) is 17.2. The molecular formula is C16H29F3O2. The molecule has 0 N–H and O–H groups in total. The van der Waals surface area contributed by atoms with Gasteiger partial charge < -0.3 is 4.74 Å². The molecule has 0 radical (unpaired) electrons. The van der Waals surface area contributed by atoms with Crippen molar-refractivity contribution in [3.05, 3.63) is 0 Å². The minimum absolute atomic E-state index is 0.185. The predicted molar refractivity (Wildman–Crippen MR) is 77.8 cm³/mol. The number of hydrogen-bond donors (Lipinski definition) is 0. The Morgan fingerprint density at radius 2 is 1.43 bits per heavy atom. The summed E-state index contributed by atoms with van der Waals surface area (Å²) in [5.74, 6) is -1.39. The van der Waals surface area contributed by atoms with Gasteiger partial charge in [-0.3, -0.25) is 4.79 Å². The van der Waals surface area contributed by atoms with Crippen LogP contribution in [0.4, 0.5) is 13.2 Å². The molecule has 0 aliphatic heterocycles. The number of hydrogen-bond acceptors (Lipinski definition) is 2. The first-order valence-corrected chi connectivity index (χ1v) is 7.40. The molecule has 126 valence electrons. The minimum Gasteiger partial charge on any atom is -0.452 e. The molecule has 21 heavy (non-hydrogen) atoms. The van der Waals surface area contributed by atoms with Crippen molar-refractivity contribution in [2.24, 2.45) is 22.7 Å². The lowest BCUT2D eigenvalue weighted by Crippen LogP contribution is -2.47. The van der Waals surface area contributed by atoms with Gasteiger partial charge in [0.25, 0.3) is 0 Å². The molecule has 0 aromatic heterocycles. The lowest BCUT2D eigenvalue weighted by Gasteiger charge is -2.42. The molecule has 0 aliphatic rings. The van der Waals surface area contributed by atoms with E-state index in [1.54, 1.807) is 6.92 Å². The summed E-state index contributed by atoms with van der Waals surface area (Å²) < 4.78 is 43.9. The number of halogens is 3. The summed E-state index contributed by atoms with van der Waals surface area (Å²) in [6.07, 6.45) is -6.11. The Morgan fingerprint density at radius 3 is 1.67 bits per heavy atom. The Morgan fingerprint density at radius 1 is 1.00 bits per heavy atom. The Bertz CT molecular complexity index is 354. The first-order valence-electron chi connectivity index (χ1n) is 7.40. The van der Waals surface area contributed by atoms with Crippen molar-refractivity contribution < 1.29 is 22.7 Å². The van der Waals surface area contributed by atoms with Gasteiger partial charge in [0, 0.05) is 0 Å². The van der Waals surface area contributed by atoms with Crippen LogP contribution in [0.1, 0.15) is 61.8 Å². The fraction of sp³-hybridized carbons (Fsp3) is 0.938. The van der Waals surface area contributed by atoms with Crippen LogP contribution in [0.25, 0.3) is 0 Å². The van der Waals surface area contributed by atoms with Crippen LogP contribution in [0.3, 0.4) is 0 Å². The van der Waals surface area contributed by atoms with Crippen LogP contribution >= 0.6 is 0 Å². The van der Waals surface area contributed by atoms with Crippen LogP contribution in [0.5, 0.6) is 0 Å². The fourth-order valence-electron chi connectivity index (χ4n) is 2.34. The van der Waals surface area contributed by atoms with E-state index in [0.29, 0.717) is 6.42 Å². The normalized spacial score (nSPS) is 17.8. The van der Waals surface area contributed by atoms with Gasteiger partial charge >= 0.3 is 12.1 Å². The van der Waals surface area contributed by atoms with Crippen molar-refractivity contribution in [3.8, 4) is 0 Å². The average molecular weight is 310 g/mol. The number of rotatable bonds is 5. The van der Waals surface area contributed by atoms with E-state index in [2.05, 4.69) is 0 Å². The number of alkyl halides is 3. The molecule has 0 saturated heterocycles. The van der Waals surface area contributed by atoms with E-state index >= 15 is 0 Å². The van der Waals surface area contributed by atoms with E-state index in [1.807, 2.05) is 34.6 Å². The van der Waals surface area contributed by atoms with Crippen molar-refractivity contribution in [2.75, 3.05) is 0 Å². The molecule has 0 aliphatic carbocycles. The van der Waals surface area contributed by atoms with Crippen molar-refractivity contribution in [3.63, 3.8) is 0 Å². The minimum atomic E-state index is -4.54. The quantitative estimate of drug-likeness (QED) is 0.651. The zero-order valence-corrected chi connectivity index (χ0v) is 14.4. The second kappa shape index (κ2) is 6.57. The van der Waals surface area contributed by atoms with E-state index < -0.39 is 35.0 Å². The van der Waals surface area contributed by atoms with E-state index in [0.717, 1.165) is 0 Å². The number of carbonyl (C=O) groups is 1. The SMILES string of the molecule is CC(C)CC(C)(C(=O)OC(C(C)C)C(F)(F)F)C(C)(C)C. The summed E-state index contributed by atoms with van der Waals surface area (Å²) in [7, 11) is 0. The van der Waals surface area contributed by atoms with E-state index in [1.165, 1.54) is 13.8 Å². The van der Waals surface area contributed by atoms with Crippen LogP contribution in [0.2, 0.25) is 0 Å². The standard InChI is InChI=1S/C16H29F3O2/c1-10(2)9-15(8,14(5,6)7)13(20)21-12(11(3)4)16(17,18)19/h10-12H,9H2,1-8H3. The third kappa shape index (κ3) is 5.19. The maximum absolute atomic E-state index is 13.0. The molecule has 0 amide bonds. The van der Waals surface area contributed by atoms with Gasteiger partial charge in [-0.15, -0.1) is 0 Å². The van der Waals surface area contributed by atoms with Gasteiger partial charge in [-0.25, -0.2) is 0 Å². The third-order valence-corrected chi connectivity index (χ3v) is 4.08. The smallest absolute Gasteiger partial charge is 0.425 e. The third-order valence-electron chi connectivity index (χ3n) is 4.08. The van der Waals surface area contributed by atoms with E-state index in [9.17, 15) is 18.0 Å². The molecule has 0 fully saturated rings. The van der Waals surface area contributed by atoms with Gasteiger partial charge in [-0.05, 0) is 30.6 Å². The van der Waals surface area contributed by atoms with Gasteiger partial charge in [-0.1, -0.05) is 48.5 Å². The molecule has 0 spiro atoms. The topological polar surface area (TPSA) is 26.3 Å². The zero-order valence-electron chi connectivity index (χ0n) is 14.4. The van der Waals surface area contributed by atoms with Crippen molar-refractivity contribution in [1.82, 2.24) is 0 Å². The molecule has 2 nitrogen and oxygen atoms in total. The number of carbonyl (C=O) groups excluding carboxylic acids is 1. The maximum atomic E-state index is 13.0. The summed E-state index contributed by atoms with van der Waals surface area (Å²) in [6, 6.07) is 0. The van der Waals surface area contributed by atoms with Gasteiger partial charge in [0.05, 0.1) is 5.41 Å². The van der Waals surface area contributed by atoms with Crippen molar-refractivity contribution in [2.45, 2.75) is 74.1 Å². The van der Waals surface area contributed by atoms with Crippen molar-refractivity contribution >= 4 is 5.97 Å². The summed E-state index contributed by atoms with van der Waals surface area (Å²) in [4.78, 5) is 12.5. The molecule has 0 aromatic rings. The van der Waals surface area contributed by atoms with Gasteiger partial charge in [0.2, 0.25) is 0 Å².